The molecule has 0 spiro atoms. The number of aryl methyl sites for hydroxylation is 1. The minimum atomic E-state index is -4.03. The average molecular weight is 505 g/mol. The second kappa shape index (κ2) is 9.09. The van der Waals surface area contributed by atoms with E-state index in [9.17, 15) is 18.0 Å². The number of carbonyl (C=O) groups excluding carboxylic acids is 2. The van der Waals surface area contributed by atoms with E-state index >= 15 is 0 Å². The van der Waals surface area contributed by atoms with Gasteiger partial charge >= 0.3 is 16.3 Å². The summed E-state index contributed by atoms with van der Waals surface area (Å²) in [4.78, 5) is 24.7. The Kier molecular flexibility index (Phi) is 6.99. The molecule has 1 aromatic heterocycles. The van der Waals surface area contributed by atoms with E-state index in [1.807, 2.05) is 4.72 Å². The summed E-state index contributed by atoms with van der Waals surface area (Å²) in [6.07, 6.45) is -0.225. The molecule has 0 atom stereocenters. The van der Waals surface area contributed by atoms with Crippen molar-refractivity contribution in [3.63, 3.8) is 0 Å². The molecule has 2 heterocycles. The van der Waals surface area contributed by atoms with Crippen molar-refractivity contribution >= 4 is 56.3 Å². The van der Waals surface area contributed by atoms with Crippen LogP contribution in [-0.4, -0.2) is 54.0 Å². The third kappa shape index (κ3) is 5.48. The van der Waals surface area contributed by atoms with Crippen LogP contribution in [0.5, 0.6) is 0 Å². The molecule has 0 aliphatic carbocycles. The molecule has 12 heteroatoms. The molecule has 1 aliphatic rings. The van der Waals surface area contributed by atoms with Crippen molar-refractivity contribution in [3.8, 4) is 0 Å². The summed E-state index contributed by atoms with van der Waals surface area (Å²) < 4.78 is 34.7. The van der Waals surface area contributed by atoms with Crippen LogP contribution in [0.4, 0.5) is 4.79 Å². The lowest BCUT2D eigenvalue weighted by Gasteiger charge is -2.31. The van der Waals surface area contributed by atoms with Crippen molar-refractivity contribution in [2.24, 2.45) is 7.05 Å². The molecule has 0 unspecified atom stereocenters. The normalized spacial score (nSPS) is 16.2. The average Bonchev–Trinajstić information content (AvgIpc) is 3.00. The smallest absolute Gasteiger partial charge is 0.422 e. The first-order chi connectivity index (χ1) is 14.8. The van der Waals surface area contributed by atoms with E-state index < -0.39 is 21.9 Å². The Morgan fingerprint density at radius 3 is 2.38 bits per heavy atom. The maximum absolute atomic E-state index is 12.8. The highest BCUT2D eigenvalue weighted by Gasteiger charge is 2.31. The van der Waals surface area contributed by atoms with Crippen molar-refractivity contribution < 1.29 is 22.7 Å². The van der Waals surface area contributed by atoms with Crippen molar-refractivity contribution in [1.82, 2.24) is 18.9 Å². The molecular formula is C20H26Cl2N4O5S. The summed E-state index contributed by atoms with van der Waals surface area (Å²) in [6, 6.07) is 4.94. The summed E-state index contributed by atoms with van der Waals surface area (Å²) in [5.74, 6) is -0.288. The Morgan fingerprint density at radius 1 is 1.16 bits per heavy atom. The Bertz CT molecular complexity index is 1150. The van der Waals surface area contributed by atoms with Gasteiger partial charge in [-0.05, 0) is 51.8 Å². The lowest BCUT2D eigenvalue weighted by atomic mass is 10.1. The highest BCUT2D eigenvalue weighted by Crippen LogP contribution is 2.32. The quantitative estimate of drug-likeness (QED) is 0.662. The Hall–Kier alpha value is -2.01. The van der Waals surface area contributed by atoms with Gasteiger partial charge < -0.3 is 14.6 Å². The molecule has 0 bridgehead atoms. The fraction of sp³-hybridized carbons (Fsp3) is 0.500. The number of amides is 2. The second-order valence-corrected chi connectivity index (χ2v) is 11.1. The molecule has 1 saturated heterocycles. The van der Waals surface area contributed by atoms with E-state index in [4.69, 9.17) is 27.9 Å². The maximum atomic E-state index is 12.8. The minimum Gasteiger partial charge on any atom is -0.443 e. The number of hydrogen-bond acceptors (Lipinski definition) is 5. The van der Waals surface area contributed by atoms with Crippen molar-refractivity contribution in [2.75, 3.05) is 13.1 Å². The maximum Gasteiger partial charge on any atom is 0.422 e. The monoisotopic (exact) mass is 504 g/mol. The number of nitrogens with one attached hydrogen (secondary N) is 2. The number of nitrogens with zero attached hydrogens (tertiary/aromatic N) is 2. The lowest BCUT2D eigenvalue weighted by Crippen LogP contribution is -2.51. The van der Waals surface area contributed by atoms with Crippen LogP contribution in [0.25, 0.3) is 10.9 Å². The molecule has 2 aromatic rings. The summed E-state index contributed by atoms with van der Waals surface area (Å²) in [5.41, 5.74) is 0.387. The molecule has 3 rings (SSSR count). The van der Waals surface area contributed by atoms with Gasteiger partial charge in [-0.2, -0.15) is 12.7 Å². The first-order valence-electron chi connectivity index (χ1n) is 10.0. The Labute approximate surface area is 197 Å². The molecular weight excluding hydrogens is 479 g/mol. The third-order valence-corrected chi connectivity index (χ3v) is 7.37. The molecule has 2 amide bonds. The number of piperidine rings is 1. The molecule has 2 N–H and O–H groups in total. The van der Waals surface area contributed by atoms with Crippen molar-refractivity contribution in [2.45, 2.75) is 45.3 Å². The zero-order chi connectivity index (χ0) is 23.8. The minimum absolute atomic E-state index is 0.152. The fourth-order valence-corrected chi connectivity index (χ4v) is 4.99. The van der Waals surface area contributed by atoms with Gasteiger partial charge in [0.25, 0.3) is 5.91 Å². The van der Waals surface area contributed by atoms with Gasteiger partial charge in [0.15, 0.2) is 0 Å². The topological polar surface area (TPSA) is 110 Å². The largest absolute Gasteiger partial charge is 0.443 e. The van der Waals surface area contributed by atoms with Crippen LogP contribution in [0.15, 0.2) is 18.2 Å². The van der Waals surface area contributed by atoms with Gasteiger partial charge in [0, 0.05) is 37.1 Å². The number of benzene rings is 1. The van der Waals surface area contributed by atoms with Crippen LogP contribution >= 0.6 is 23.2 Å². The first-order valence-corrected chi connectivity index (χ1v) is 12.2. The lowest BCUT2D eigenvalue weighted by molar-refractivity contribution is 0.0566. The second-order valence-electron chi connectivity index (χ2n) is 8.64. The number of aromatic nitrogens is 1. The number of carbonyl (C=O) groups is 2. The zero-order valence-electron chi connectivity index (χ0n) is 18.2. The van der Waals surface area contributed by atoms with Crippen LogP contribution in [-0.2, 0) is 22.0 Å². The first kappa shape index (κ1) is 24.6. The number of halogens is 2. The van der Waals surface area contributed by atoms with Gasteiger partial charge in [0.1, 0.15) is 11.3 Å². The summed E-state index contributed by atoms with van der Waals surface area (Å²) in [6.45, 7) is 5.24. The van der Waals surface area contributed by atoms with Gasteiger partial charge in [-0.25, -0.2) is 9.52 Å². The van der Waals surface area contributed by atoms with Crippen LogP contribution in [0.2, 0.25) is 10.0 Å². The molecule has 1 fully saturated rings. The molecule has 1 aliphatic heterocycles. The van der Waals surface area contributed by atoms with Crippen molar-refractivity contribution in [1.29, 1.82) is 0 Å². The standard InChI is InChI=1S/C20H26Cl2N4O5S/c1-20(2,3)31-19(28)24-32(29,30)26-9-7-12(8-10-26)23-18(27)16-11-13-15(25(16)4)6-5-14(21)17(13)22/h5-6,11-12H,7-10H2,1-4H3,(H,23,27)(H,24,28). The SMILES string of the molecule is Cn1c(C(=O)NC2CCN(S(=O)(=O)NC(=O)OC(C)(C)C)CC2)cc2c(Cl)c(Cl)ccc21. The van der Waals surface area contributed by atoms with Gasteiger partial charge in [-0.1, -0.05) is 23.2 Å². The number of fused-ring (bicyclic) bond motifs is 1. The van der Waals surface area contributed by atoms with Gasteiger partial charge in [-0.3, -0.25) is 4.79 Å². The predicted octanol–water partition coefficient (Wildman–Crippen LogP) is 3.45. The van der Waals surface area contributed by atoms with E-state index in [-0.39, 0.29) is 25.0 Å². The Morgan fingerprint density at radius 2 is 1.78 bits per heavy atom. The third-order valence-electron chi connectivity index (χ3n) is 5.09. The van der Waals surface area contributed by atoms with E-state index in [0.29, 0.717) is 34.0 Å². The molecule has 32 heavy (non-hydrogen) atoms. The number of rotatable bonds is 4. The number of ether oxygens (including phenoxy) is 1. The molecule has 0 radical (unpaired) electrons. The van der Waals surface area contributed by atoms with E-state index in [1.54, 1.807) is 50.6 Å². The molecule has 9 nitrogen and oxygen atoms in total. The van der Waals surface area contributed by atoms with Crippen LogP contribution in [0, 0.1) is 0 Å². The molecule has 176 valence electrons. The fourth-order valence-electron chi connectivity index (χ4n) is 3.54. The number of hydrogen-bond donors (Lipinski definition) is 2. The van der Waals surface area contributed by atoms with Crippen LogP contribution < -0.4 is 10.0 Å². The highest BCUT2D eigenvalue weighted by molar-refractivity contribution is 7.87. The summed E-state index contributed by atoms with van der Waals surface area (Å²) in [5, 5.41) is 4.42. The summed E-state index contributed by atoms with van der Waals surface area (Å²) >= 11 is 12.3. The van der Waals surface area contributed by atoms with E-state index in [0.717, 1.165) is 9.82 Å². The van der Waals surface area contributed by atoms with Crippen molar-refractivity contribution in [3.05, 3.63) is 33.9 Å². The van der Waals surface area contributed by atoms with Gasteiger partial charge in [0.05, 0.1) is 10.0 Å². The molecule has 1 aromatic carbocycles. The van der Waals surface area contributed by atoms with Gasteiger partial charge in [-0.15, -0.1) is 0 Å². The van der Waals surface area contributed by atoms with Gasteiger partial charge in [0.2, 0.25) is 0 Å². The predicted molar refractivity (Wildman–Crippen MR) is 123 cm³/mol. The van der Waals surface area contributed by atoms with E-state index in [1.165, 1.54) is 0 Å². The van der Waals surface area contributed by atoms with E-state index in [2.05, 4.69) is 5.32 Å². The summed E-state index contributed by atoms with van der Waals surface area (Å²) in [7, 11) is -2.26. The zero-order valence-corrected chi connectivity index (χ0v) is 20.6. The highest BCUT2D eigenvalue weighted by atomic mass is 35.5. The Balaban J connectivity index is 1.61. The van der Waals surface area contributed by atoms with Crippen LogP contribution in [0.1, 0.15) is 44.1 Å². The molecule has 0 saturated carbocycles. The van der Waals surface area contributed by atoms with Crippen LogP contribution in [0.3, 0.4) is 0 Å².